The zero-order chi connectivity index (χ0) is 11.6. The summed E-state index contributed by atoms with van der Waals surface area (Å²) in [6.45, 7) is 2.49. The summed E-state index contributed by atoms with van der Waals surface area (Å²) in [7, 11) is 1.87. The molecule has 1 heterocycles. The normalized spacial score (nSPS) is 23.1. The van der Waals surface area contributed by atoms with E-state index in [1.807, 2.05) is 20.0 Å². The maximum atomic E-state index is 10.3. The van der Waals surface area contributed by atoms with Gasteiger partial charge in [0.15, 0.2) is 0 Å². The van der Waals surface area contributed by atoms with Gasteiger partial charge in [-0.05, 0) is 38.4 Å². The molecule has 0 radical (unpaired) electrons. The maximum absolute atomic E-state index is 10.3. The lowest BCUT2D eigenvalue weighted by molar-refractivity contribution is 0.0380. The van der Waals surface area contributed by atoms with Crippen molar-refractivity contribution in [3.63, 3.8) is 0 Å². The van der Waals surface area contributed by atoms with Crippen LogP contribution in [-0.4, -0.2) is 30.3 Å². The van der Waals surface area contributed by atoms with Crippen LogP contribution in [0.5, 0.6) is 0 Å². The van der Waals surface area contributed by atoms with Gasteiger partial charge in [-0.1, -0.05) is 18.2 Å². The van der Waals surface area contributed by atoms with Gasteiger partial charge in [0.25, 0.3) is 0 Å². The van der Waals surface area contributed by atoms with E-state index in [1.165, 1.54) is 5.56 Å². The Morgan fingerprint density at radius 2 is 2.25 bits per heavy atom. The van der Waals surface area contributed by atoms with Gasteiger partial charge in [-0.25, -0.2) is 0 Å². The fourth-order valence-corrected chi connectivity index (χ4v) is 2.39. The van der Waals surface area contributed by atoms with Crippen molar-refractivity contribution in [2.45, 2.75) is 31.4 Å². The number of hydrogen-bond acceptors (Lipinski definition) is 3. The van der Waals surface area contributed by atoms with Gasteiger partial charge in [0.1, 0.15) is 0 Å². The van der Waals surface area contributed by atoms with Crippen LogP contribution in [-0.2, 0) is 6.42 Å². The minimum absolute atomic E-state index is 0.120. The molecule has 2 rings (SSSR count). The second-order valence-corrected chi connectivity index (χ2v) is 4.78. The van der Waals surface area contributed by atoms with Gasteiger partial charge in [-0.2, -0.15) is 0 Å². The first-order chi connectivity index (χ1) is 7.63. The minimum atomic E-state index is -0.706. The third-order valence-corrected chi connectivity index (χ3v) is 3.33. The summed E-state index contributed by atoms with van der Waals surface area (Å²) in [6, 6.07) is 8.44. The van der Waals surface area contributed by atoms with Crippen LogP contribution in [0.15, 0.2) is 24.3 Å². The minimum Gasteiger partial charge on any atom is -0.387 e. The molecule has 0 saturated carbocycles. The molecule has 0 amide bonds. The van der Waals surface area contributed by atoms with Crippen molar-refractivity contribution in [1.29, 1.82) is 0 Å². The van der Waals surface area contributed by atoms with Gasteiger partial charge in [-0.15, -0.1) is 0 Å². The molecule has 0 bridgehead atoms. The lowest BCUT2D eigenvalue weighted by atomic mass is 9.87. The third kappa shape index (κ3) is 2.20. The standard InChI is InChI=1S/C13H20N2O/c1-13(16,9-14-2)12-8-7-10-5-3-4-6-11(10)15-12/h3-6,12,14-16H,7-9H2,1-2H3. The fraction of sp³-hybridized carbons (Fsp3) is 0.538. The Morgan fingerprint density at radius 3 is 3.00 bits per heavy atom. The molecule has 3 heteroatoms. The molecule has 1 aliphatic rings. The van der Waals surface area contributed by atoms with Gasteiger partial charge >= 0.3 is 0 Å². The number of hydrogen-bond donors (Lipinski definition) is 3. The topological polar surface area (TPSA) is 44.3 Å². The second kappa shape index (κ2) is 4.44. The van der Waals surface area contributed by atoms with E-state index in [4.69, 9.17) is 0 Å². The van der Waals surface area contributed by atoms with Crippen LogP contribution < -0.4 is 10.6 Å². The Morgan fingerprint density at radius 1 is 1.50 bits per heavy atom. The lowest BCUT2D eigenvalue weighted by Gasteiger charge is -2.37. The quantitative estimate of drug-likeness (QED) is 0.721. The number of anilines is 1. The first-order valence-electron chi connectivity index (χ1n) is 5.85. The monoisotopic (exact) mass is 220 g/mol. The van der Waals surface area contributed by atoms with Crippen LogP contribution in [0.1, 0.15) is 18.9 Å². The molecule has 1 aliphatic heterocycles. The SMILES string of the molecule is CNCC(C)(O)C1CCc2ccccc2N1. The number of benzene rings is 1. The molecule has 0 fully saturated rings. The first kappa shape index (κ1) is 11.4. The Labute approximate surface area is 96.9 Å². The van der Waals surface area contributed by atoms with E-state index < -0.39 is 5.60 Å². The molecule has 2 unspecified atom stereocenters. The van der Waals surface area contributed by atoms with Crippen molar-refractivity contribution in [3.8, 4) is 0 Å². The molecule has 2 atom stereocenters. The highest BCUT2D eigenvalue weighted by molar-refractivity contribution is 5.54. The van der Waals surface area contributed by atoms with Gasteiger partial charge in [0.05, 0.1) is 11.6 Å². The van der Waals surface area contributed by atoms with E-state index in [0.29, 0.717) is 6.54 Å². The Balaban J connectivity index is 2.13. The van der Waals surface area contributed by atoms with E-state index in [-0.39, 0.29) is 6.04 Å². The van der Waals surface area contributed by atoms with E-state index >= 15 is 0 Å². The van der Waals surface area contributed by atoms with E-state index in [2.05, 4.69) is 28.8 Å². The summed E-state index contributed by atoms with van der Waals surface area (Å²) >= 11 is 0. The number of likely N-dealkylation sites (N-methyl/N-ethyl adjacent to an activating group) is 1. The summed E-state index contributed by atoms with van der Waals surface area (Å²) in [6.07, 6.45) is 2.01. The predicted molar refractivity (Wildman–Crippen MR) is 66.7 cm³/mol. The predicted octanol–water partition coefficient (Wildman–Crippen LogP) is 1.38. The average molecular weight is 220 g/mol. The fourth-order valence-electron chi connectivity index (χ4n) is 2.39. The van der Waals surface area contributed by atoms with E-state index in [0.717, 1.165) is 18.5 Å². The smallest absolute Gasteiger partial charge is 0.0943 e. The molecular weight excluding hydrogens is 200 g/mol. The van der Waals surface area contributed by atoms with Crippen LogP contribution >= 0.6 is 0 Å². The maximum Gasteiger partial charge on any atom is 0.0943 e. The van der Waals surface area contributed by atoms with Crippen molar-refractivity contribution in [1.82, 2.24) is 5.32 Å². The molecule has 3 N–H and O–H groups in total. The summed E-state index contributed by atoms with van der Waals surface area (Å²) in [4.78, 5) is 0. The van der Waals surface area contributed by atoms with Gasteiger partial charge < -0.3 is 15.7 Å². The summed E-state index contributed by atoms with van der Waals surface area (Å²) in [5, 5.41) is 16.8. The number of para-hydroxylation sites is 1. The largest absolute Gasteiger partial charge is 0.387 e. The highest BCUT2D eigenvalue weighted by atomic mass is 16.3. The molecule has 0 aliphatic carbocycles. The van der Waals surface area contributed by atoms with Crippen molar-refractivity contribution in [2.75, 3.05) is 18.9 Å². The number of nitrogens with one attached hydrogen (secondary N) is 2. The molecule has 1 aromatic carbocycles. The third-order valence-electron chi connectivity index (χ3n) is 3.33. The zero-order valence-electron chi connectivity index (χ0n) is 9.96. The highest BCUT2D eigenvalue weighted by Crippen LogP contribution is 2.28. The molecule has 3 nitrogen and oxygen atoms in total. The van der Waals surface area contributed by atoms with Gasteiger partial charge in [0.2, 0.25) is 0 Å². The second-order valence-electron chi connectivity index (χ2n) is 4.78. The van der Waals surface area contributed by atoms with Crippen LogP contribution in [0.4, 0.5) is 5.69 Å². The van der Waals surface area contributed by atoms with Crippen molar-refractivity contribution in [2.24, 2.45) is 0 Å². The van der Waals surface area contributed by atoms with Crippen LogP contribution in [0.25, 0.3) is 0 Å². The van der Waals surface area contributed by atoms with Crippen LogP contribution in [0, 0.1) is 0 Å². The molecule has 0 aromatic heterocycles. The Bertz CT molecular complexity index is 363. The highest BCUT2D eigenvalue weighted by Gasteiger charge is 2.33. The van der Waals surface area contributed by atoms with Gasteiger partial charge in [-0.3, -0.25) is 0 Å². The zero-order valence-corrected chi connectivity index (χ0v) is 9.96. The van der Waals surface area contributed by atoms with Gasteiger partial charge in [0, 0.05) is 12.2 Å². The molecule has 0 spiro atoms. The van der Waals surface area contributed by atoms with Crippen LogP contribution in [0.3, 0.4) is 0 Å². The number of fused-ring (bicyclic) bond motifs is 1. The van der Waals surface area contributed by atoms with Crippen molar-refractivity contribution >= 4 is 5.69 Å². The Hall–Kier alpha value is -1.06. The van der Waals surface area contributed by atoms with Crippen molar-refractivity contribution < 1.29 is 5.11 Å². The molecule has 16 heavy (non-hydrogen) atoms. The first-order valence-corrected chi connectivity index (χ1v) is 5.85. The summed E-state index contributed by atoms with van der Waals surface area (Å²) in [5.74, 6) is 0. The van der Waals surface area contributed by atoms with Crippen LogP contribution in [0.2, 0.25) is 0 Å². The van der Waals surface area contributed by atoms with E-state index in [9.17, 15) is 5.11 Å². The summed E-state index contributed by atoms with van der Waals surface area (Å²) < 4.78 is 0. The lowest BCUT2D eigenvalue weighted by Crippen LogP contribution is -2.52. The molecule has 88 valence electrons. The van der Waals surface area contributed by atoms with Crippen molar-refractivity contribution in [3.05, 3.63) is 29.8 Å². The number of aliphatic hydroxyl groups is 1. The molecular formula is C13H20N2O. The Kier molecular flexibility index (Phi) is 3.17. The van der Waals surface area contributed by atoms with E-state index in [1.54, 1.807) is 0 Å². The molecule has 0 saturated heterocycles. The average Bonchev–Trinajstić information content (AvgIpc) is 2.28. The summed E-state index contributed by atoms with van der Waals surface area (Å²) in [5.41, 5.74) is 1.80. The molecule has 1 aromatic rings. The number of rotatable bonds is 3. The number of aryl methyl sites for hydroxylation is 1.